The molecule has 5 heteroatoms. The van der Waals surface area contributed by atoms with E-state index in [2.05, 4.69) is 9.97 Å². The van der Waals surface area contributed by atoms with Gasteiger partial charge in [0.25, 0.3) is 5.56 Å². The standard InChI is InChI=1S/C12H9FN2OS/c1-2-8-14-10-9-6(13)4-3-5-7(9)17-11(10)12(16)15-8/h3-5H,2H2,1H3,(H,14,15,16). The zero-order valence-electron chi connectivity index (χ0n) is 9.08. The maximum Gasteiger partial charge on any atom is 0.268 e. The SMILES string of the molecule is CCc1nc2c(sc3cccc(F)c32)c(=O)[nH]1. The number of aromatic amines is 1. The topological polar surface area (TPSA) is 45.8 Å². The highest BCUT2D eigenvalue weighted by atomic mass is 32.1. The number of hydrogen-bond acceptors (Lipinski definition) is 3. The molecule has 3 nitrogen and oxygen atoms in total. The average Bonchev–Trinajstić information content (AvgIpc) is 2.69. The Bertz CT molecular complexity index is 775. The lowest BCUT2D eigenvalue weighted by Crippen LogP contribution is -2.09. The molecular weight excluding hydrogens is 239 g/mol. The van der Waals surface area contributed by atoms with Crippen molar-refractivity contribution >= 4 is 31.6 Å². The molecule has 0 radical (unpaired) electrons. The van der Waals surface area contributed by atoms with Gasteiger partial charge in [-0.3, -0.25) is 4.79 Å². The zero-order valence-corrected chi connectivity index (χ0v) is 9.90. The number of H-pyrrole nitrogens is 1. The van der Waals surface area contributed by atoms with E-state index in [1.165, 1.54) is 17.4 Å². The van der Waals surface area contributed by atoms with Crippen molar-refractivity contribution in [2.24, 2.45) is 0 Å². The molecule has 0 aliphatic carbocycles. The Hall–Kier alpha value is -1.75. The molecule has 2 heterocycles. The predicted molar refractivity (Wildman–Crippen MR) is 67.1 cm³/mol. The molecule has 1 N–H and O–H groups in total. The molecule has 1 aromatic carbocycles. The van der Waals surface area contributed by atoms with Crippen LogP contribution in [-0.4, -0.2) is 9.97 Å². The molecule has 0 atom stereocenters. The first-order chi connectivity index (χ1) is 8.20. The van der Waals surface area contributed by atoms with E-state index in [0.717, 1.165) is 4.70 Å². The normalized spacial score (nSPS) is 11.4. The van der Waals surface area contributed by atoms with Gasteiger partial charge in [0.15, 0.2) is 0 Å². The van der Waals surface area contributed by atoms with Gasteiger partial charge in [0.1, 0.15) is 16.3 Å². The fourth-order valence-electron chi connectivity index (χ4n) is 1.87. The lowest BCUT2D eigenvalue weighted by molar-refractivity contribution is 0.640. The maximum absolute atomic E-state index is 13.8. The molecule has 0 aliphatic rings. The molecule has 3 rings (SSSR count). The first kappa shape index (κ1) is 10.4. The molecule has 0 unspecified atom stereocenters. The second-order valence-electron chi connectivity index (χ2n) is 3.76. The van der Waals surface area contributed by atoms with Gasteiger partial charge in [0.2, 0.25) is 0 Å². The second-order valence-corrected chi connectivity index (χ2v) is 4.81. The minimum absolute atomic E-state index is 0.188. The summed E-state index contributed by atoms with van der Waals surface area (Å²) in [6, 6.07) is 4.83. The lowest BCUT2D eigenvalue weighted by Gasteiger charge is -1.96. The molecule has 0 fully saturated rings. The molecule has 0 aliphatic heterocycles. The van der Waals surface area contributed by atoms with Crippen LogP contribution in [0.4, 0.5) is 4.39 Å². The molecule has 86 valence electrons. The summed E-state index contributed by atoms with van der Waals surface area (Å²) in [6.07, 6.45) is 0.622. The number of hydrogen-bond donors (Lipinski definition) is 1. The number of rotatable bonds is 1. The Morgan fingerprint density at radius 3 is 3.06 bits per heavy atom. The van der Waals surface area contributed by atoms with Crippen molar-refractivity contribution in [2.75, 3.05) is 0 Å². The van der Waals surface area contributed by atoms with Crippen molar-refractivity contribution in [2.45, 2.75) is 13.3 Å². The van der Waals surface area contributed by atoms with Crippen LogP contribution in [0, 0.1) is 5.82 Å². The summed E-state index contributed by atoms with van der Waals surface area (Å²) >= 11 is 1.28. The van der Waals surface area contributed by atoms with Crippen LogP contribution in [0.5, 0.6) is 0 Å². The number of benzene rings is 1. The summed E-state index contributed by atoms with van der Waals surface area (Å²) in [5.74, 6) is 0.263. The monoisotopic (exact) mass is 248 g/mol. The van der Waals surface area contributed by atoms with Gasteiger partial charge in [-0.2, -0.15) is 0 Å². The Morgan fingerprint density at radius 2 is 2.29 bits per heavy atom. The quantitative estimate of drug-likeness (QED) is 0.719. The van der Waals surface area contributed by atoms with E-state index in [1.54, 1.807) is 12.1 Å². The number of aryl methyl sites for hydroxylation is 1. The second kappa shape index (κ2) is 3.63. The minimum Gasteiger partial charge on any atom is -0.309 e. The first-order valence-corrected chi connectivity index (χ1v) is 6.12. The minimum atomic E-state index is -0.325. The number of thiophene rings is 1. The van der Waals surface area contributed by atoms with Crippen molar-refractivity contribution in [3.05, 3.63) is 40.2 Å². The van der Waals surface area contributed by atoms with Crippen LogP contribution in [-0.2, 0) is 6.42 Å². The van der Waals surface area contributed by atoms with Gasteiger partial charge in [0.05, 0.1) is 10.9 Å². The number of halogens is 1. The van der Waals surface area contributed by atoms with Crippen LogP contribution in [0.1, 0.15) is 12.7 Å². The fourth-order valence-corrected chi connectivity index (χ4v) is 2.92. The van der Waals surface area contributed by atoms with Crippen LogP contribution in [0.3, 0.4) is 0 Å². The highest BCUT2D eigenvalue weighted by Gasteiger charge is 2.13. The predicted octanol–water partition coefficient (Wildman–Crippen LogP) is 2.84. The molecule has 0 saturated carbocycles. The van der Waals surface area contributed by atoms with Crippen molar-refractivity contribution < 1.29 is 4.39 Å². The third kappa shape index (κ3) is 1.46. The summed E-state index contributed by atoms with van der Waals surface area (Å²) in [6.45, 7) is 1.90. The van der Waals surface area contributed by atoms with Gasteiger partial charge >= 0.3 is 0 Å². The molecule has 0 spiro atoms. The summed E-state index contributed by atoms with van der Waals surface area (Å²) in [5.41, 5.74) is 0.288. The summed E-state index contributed by atoms with van der Waals surface area (Å²) in [4.78, 5) is 18.9. The Balaban J connectivity index is 2.59. The van der Waals surface area contributed by atoms with E-state index in [-0.39, 0.29) is 11.4 Å². The zero-order chi connectivity index (χ0) is 12.0. The highest BCUT2D eigenvalue weighted by molar-refractivity contribution is 7.25. The highest BCUT2D eigenvalue weighted by Crippen LogP contribution is 2.31. The number of fused-ring (bicyclic) bond motifs is 3. The van der Waals surface area contributed by atoms with Crippen molar-refractivity contribution in [3.63, 3.8) is 0 Å². The largest absolute Gasteiger partial charge is 0.309 e. The van der Waals surface area contributed by atoms with E-state index in [9.17, 15) is 9.18 Å². The molecule has 17 heavy (non-hydrogen) atoms. The van der Waals surface area contributed by atoms with E-state index < -0.39 is 0 Å². The number of aromatic nitrogens is 2. The Morgan fingerprint density at radius 1 is 1.47 bits per heavy atom. The van der Waals surface area contributed by atoms with Gasteiger partial charge in [-0.25, -0.2) is 9.37 Å². The van der Waals surface area contributed by atoms with Crippen molar-refractivity contribution in [3.8, 4) is 0 Å². The molecule has 0 amide bonds. The average molecular weight is 248 g/mol. The van der Waals surface area contributed by atoms with Gasteiger partial charge < -0.3 is 4.98 Å². The Labute approximate surface area is 99.9 Å². The van der Waals surface area contributed by atoms with Crippen LogP contribution in [0.25, 0.3) is 20.3 Å². The number of nitrogens with zero attached hydrogens (tertiary/aromatic N) is 1. The van der Waals surface area contributed by atoms with Gasteiger partial charge in [0, 0.05) is 11.1 Å². The van der Waals surface area contributed by atoms with Crippen LogP contribution < -0.4 is 5.56 Å². The summed E-state index contributed by atoms with van der Waals surface area (Å²) < 4.78 is 15.0. The smallest absolute Gasteiger partial charge is 0.268 e. The van der Waals surface area contributed by atoms with E-state index in [1.807, 2.05) is 6.92 Å². The number of nitrogens with one attached hydrogen (secondary N) is 1. The summed E-state index contributed by atoms with van der Waals surface area (Å²) in [5, 5.41) is 0.452. The maximum atomic E-state index is 13.8. The molecule has 0 bridgehead atoms. The van der Waals surface area contributed by atoms with Gasteiger partial charge in [-0.05, 0) is 12.1 Å². The van der Waals surface area contributed by atoms with Crippen molar-refractivity contribution in [1.82, 2.24) is 9.97 Å². The fraction of sp³-hybridized carbons (Fsp3) is 0.167. The van der Waals surface area contributed by atoms with E-state index in [4.69, 9.17) is 0 Å². The van der Waals surface area contributed by atoms with Crippen molar-refractivity contribution in [1.29, 1.82) is 0 Å². The van der Waals surface area contributed by atoms with E-state index >= 15 is 0 Å². The first-order valence-electron chi connectivity index (χ1n) is 5.30. The van der Waals surface area contributed by atoms with Crippen LogP contribution >= 0.6 is 11.3 Å². The van der Waals surface area contributed by atoms with Gasteiger partial charge in [-0.15, -0.1) is 11.3 Å². The van der Waals surface area contributed by atoms with E-state index in [0.29, 0.717) is 27.8 Å². The van der Waals surface area contributed by atoms with Crippen LogP contribution in [0.15, 0.2) is 23.0 Å². The lowest BCUT2D eigenvalue weighted by atomic mass is 10.2. The molecule has 2 aromatic heterocycles. The third-order valence-electron chi connectivity index (χ3n) is 2.68. The summed E-state index contributed by atoms with van der Waals surface area (Å²) in [7, 11) is 0. The van der Waals surface area contributed by atoms with Crippen LogP contribution in [0.2, 0.25) is 0 Å². The third-order valence-corrected chi connectivity index (χ3v) is 3.83. The molecular formula is C12H9FN2OS. The molecule has 0 saturated heterocycles. The molecule has 3 aromatic rings. The van der Waals surface area contributed by atoms with Gasteiger partial charge in [-0.1, -0.05) is 13.0 Å². The Kier molecular flexibility index (Phi) is 2.22.